The normalized spacial score (nSPS) is 15.1. The second-order valence-corrected chi connectivity index (χ2v) is 4.91. The van der Waals surface area contributed by atoms with Crippen LogP contribution in [0.25, 0.3) is 0 Å². The Balaban J connectivity index is 2.96. The van der Waals surface area contributed by atoms with Crippen LogP contribution in [0.1, 0.15) is 43.7 Å². The van der Waals surface area contributed by atoms with E-state index in [1.165, 1.54) is 13.2 Å². The summed E-state index contributed by atoms with van der Waals surface area (Å²) >= 11 is 0. The first-order valence-electron chi connectivity index (χ1n) is 6.26. The molecule has 2 unspecified atom stereocenters. The van der Waals surface area contributed by atoms with Crippen molar-refractivity contribution in [3.05, 3.63) is 29.3 Å². The number of hydrogen-bond acceptors (Lipinski definition) is 2. The van der Waals surface area contributed by atoms with Gasteiger partial charge in [0, 0.05) is 6.04 Å². The van der Waals surface area contributed by atoms with Gasteiger partial charge in [-0.05, 0) is 43.4 Å². The van der Waals surface area contributed by atoms with Gasteiger partial charge in [0.05, 0.1) is 12.7 Å². The van der Waals surface area contributed by atoms with Crippen molar-refractivity contribution in [2.75, 3.05) is 7.11 Å². The van der Waals surface area contributed by atoms with Gasteiger partial charge in [-0.1, -0.05) is 13.0 Å². The topological polar surface area (TPSA) is 35.2 Å². The molecule has 1 aromatic carbocycles. The molecule has 0 heterocycles. The van der Waals surface area contributed by atoms with Crippen molar-refractivity contribution in [1.82, 2.24) is 0 Å². The maximum Gasteiger partial charge on any atom is 0.416 e. The molecule has 2 N–H and O–H groups in total. The SMILES string of the molecule is COc1cc(C(F)(F)F)ccc1C(C)CCC(C)N. The molecule has 5 heteroatoms. The van der Waals surface area contributed by atoms with Gasteiger partial charge in [0.25, 0.3) is 0 Å². The van der Waals surface area contributed by atoms with Crippen molar-refractivity contribution in [2.45, 2.75) is 44.8 Å². The molecular formula is C14H20F3NO. The smallest absolute Gasteiger partial charge is 0.416 e. The standard InChI is InChI=1S/C14H20F3NO/c1-9(4-5-10(2)18)12-7-6-11(14(15,16)17)8-13(12)19-3/h6-10H,4-5,18H2,1-3H3. The molecule has 19 heavy (non-hydrogen) atoms. The Morgan fingerprint density at radius 3 is 2.32 bits per heavy atom. The highest BCUT2D eigenvalue weighted by atomic mass is 19.4. The van der Waals surface area contributed by atoms with E-state index in [9.17, 15) is 13.2 Å². The predicted molar refractivity (Wildman–Crippen MR) is 69.3 cm³/mol. The first kappa shape index (κ1) is 15.8. The largest absolute Gasteiger partial charge is 0.496 e. The van der Waals surface area contributed by atoms with Crippen LogP contribution >= 0.6 is 0 Å². The van der Waals surface area contributed by atoms with E-state index >= 15 is 0 Å². The molecule has 0 aliphatic heterocycles. The summed E-state index contributed by atoms with van der Waals surface area (Å²) in [5, 5.41) is 0. The lowest BCUT2D eigenvalue weighted by atomic mass is 9.93. The van der Waals surface area contributed by atoms with Gasteiger partial charge in [0.2, 0.25) is 0 Å². The van der Waals surface area contributed by atoms with E-state index in [0.717, 1.165) is 30.5 Å². The monoisotopic (exact) mass is 275 g/mol. The zero-order valence-electron chi connectivity index (χ0n) is 11.4. The summed E-state index contributed by atoms with van der Waals surface area (Å²) in [6.07, 6.45) is -2.70. The minimum atomic E-state index is -4.35. The minimum absolute atomic E-state index is 0.0860. The van der Waals surface area contributed by atoms with Gasteiger partial charge < -0.3 is 10.5 Å². The number of hydrogen-bond donors (Lipinski definition) is 1. The van der Waals surface area contributed by atoms with Crippen LogP contribution in [-0.4, -0.2) is 13.2 Å². The van der Waals surface area contributed by atoms with E-state index in [2.05, 4.69) is 0 Å². The van der Waals surface area contributed by atoms with Crippen LogP contribution < -0.4 is 10.5 Å². The lowest BCUT2D eigenvalue weighted by molar-refractivity contribution is -0.137. The van der Waals surface area contributed by atoms with Gasteiger partial charge in [0.15, 0.2) is 0 Å². The van der Waals surface area contributed by atoms with Crippen molar-refractivity contribution in [3.63, 3.8) is 0 Å². The second-order valence-electron chi connectivity index (χ2n) is 4.91. The molecule has 2 nitrogen and oxygen atoms in total. The first-order chi connectivity index (χ1) is 8.75. The van der Waals surface area contributed by atoms with Crippen molar-refractivity contribution in [3.8, 4) is 5.75 Å². The van der Waals surface area contributed by atoms with Gasteiger partial charge in [-0.2, -0.15) is 13.2 Å². The van der Waals surface area contributed by atoms with E-state index in [1.807, 2.05) is 13.8 Å². The summed E-state index contributed by atoms with van der Waals surface area (Å²) in [5.41, 5.74) is 5.79. The molecule has 1 aromatic rings. The van der Waals surface area contributed by atoms with Gasteiger partial charge in [0.1, 0.15) is 5.75 Å². The van der Waals surface area contributed by atoms with Gasteiger partial charge in [-0.3, -0.25) is 0 Å². The van der Waals surface area contributed by atoms with Crippen LogP contribution in [0.15, 0.2) is 18.2 Å². The molecule has 0 saturated carbocycles. The van der Waals surface area contributed by atoms with E-state index in [1.54, 1.807) is 0 Å². The van der Waals surface area contributed by atoms with Crippen LogP contribution in [-0.2, 0) is 6.18 Å². The summed E-state index contributed by atoms with van der Waals surface area (Å²) < 4.78 is 42.9. The Kier molecular flexibility index (Phi) is 5.23. The van der Waals surface area contributed by atoms with E-state index in [4.69, 9.17) is 10.5 Å². The molecule has 0 fully saturated rings. The molecule has 0 radical (unpaired) electrons. The van der Waals surface area contributed by atoms with Crippen LogP contribution in [0.2, 0.25) is 0 Å². The Morgan fingerprint density at radius 2 is 1.84 bits per heavy atom. The summed E-state index contributed by atoms with van der Waals surface area (Å²) in [6, 6.07) is 3.73. The summed E-state index contributed by atoms with van der Waals surface area (Å²) in [5.74, 6) is 0.398. The fourth-order valence-corrected chi connectivity index (χ4v) is 1.96. The lowest BCUT2D eigenvalue weighted by Gasteiger charge is -2.18. The first-order valence-corrected chi connectivity index (χ1v) is 6.26. The van der Waals surface area contributed by atoms with E-state index in [-0.39, 0.29) is 17.7 Å². The number of nitrogens with two attached hydrogens (primary N) is 1. The van der Waals surface area contributed by atoms with Crippen molar-refractivity contribution in [2.24, 2.45) is 5.73 Å². The number of methoxy groups -OCH3 is 1. The molecule has 0 saturated heterocycles. The van der Waals surface area contributed by atoms with Crippen LogP contribution in [0.4, 0.5) is 13.2 Å². The minimum Gasteiger partial charge on any atom is -0.496 e. The van der Waals surface area contributed by atoms with Crippen LogP contribution in [0, 0.1) is 0 Å². The fraction of sp³-hybridized carbons (Fsp3) is 0.571. The van der Waals surface area contributed by atoms with Gasteiger partial charge >= 0.3 is 6.18 Å². The Hall–Kier alpha value is -1.23. The zero-order valence-corrected chi connectivity index (χ0v) is 11.4. The number of benzene rings is 1. The highest BCUT2D eigenvalue weighted by Crippen LogP contribution is 2.36. The van der Waals surface area contributed by atoms with Gasteiger partial charge in [-0.25, -0.2) is 0 Å². The fourth-order valence-electron chi connectivity index (χ4n) is 1.96. The molecule has 0 aliphatic carbocycles. The molecule has 1 rings (SSSR count). The average Bonchev–Trinajstić information content (AvgIpc) is 2.33. The molecule has 0 amide bonds. The lowest BCUT2D eigenvalue weighted by Crippen LogP contribution is -2.15. The van der Waals surface area contributed by atoms with Crippen LogP contribution in [0.3, 0.4) is 0 Å². The van der Waals surface area contributed by atoms with Crippen molar-refractivity contribution in [1.29, 1.82) is 0 Å². The highest BCUT2D eigenvalue weighted by Gasteiger charge is 2.31. The summed E-state index contributed by atoms with van der Waals surface area (Å²) in [7, 11) is 1.39. The molecule has 0 aromatic heterocycles. The molecule has 0 aliphatic rings. The molecule has 2 atom stereocenters. The number of rotatable bonds is 5. The average molecular weight is 275 g/mol. The second kappa shape index (κ2) is 6.28. The molecule has 0 spiro atoms. The van der Waals surface area contributed by atoms with Crippen LogP contribution in [0.5, 0.6) is 5.75 Å². The van der Waals surface area contributed by atoms with Crippen molar-refractivity contribution < 1.29 is 17.9 Å². The maximum absolute atomic E-state index is 12.6. The van der Waals surface area contributed by atoms with Gasteiger partial charge in [-0.15, -0.1) is 0 Å². The highest BCUT2D eigenvalue weighted by molar-refractivity contribution is 5.40. The molecular weight excluding hydrogens is 255 g/mol. The summed E-state index contributed by atoms with van der Waals surface area (Å²) in [4.78, 5) is 0. The third kappa shape index (κ3) is 4.42. The maximum atomic E-state index is 12.6. The quantitative estimate of drug-likeness (QED) is 0.883. The third-order valence-corrected chi connectivity index (χ3v) is 3.15. The predicted octanol–water partition coefficient (Wildman–Crippen LogP) is 3.94. The Bertz CT molecular complexity index is 416. The Morgan fingerprint density at radius 1 is 1.21 bits per heavy atom. The number of halogens is 3. The number of alkyl halides is 3. The summed E-state index contributed by atoms with van der Waals surface area (Å²) in [6.45, 7) is 3.88. The molecule has 0 bridgehead atoms. The van der Waals surface area contributed by atoms with E-state index in [0.29, 0.717) is 0 Å². The third-order valence-electron chi connectivity index (χ3n) is 3.15. The van der Waals surface area contributed by atoms with Crippen molar-refractivity contribution >= 4 is 0 Å². The Labute approximate surface area is 111 Å². The van der Waals surface area contributed by atoms with E-state index < -0.39 is 11.7 Å². The zero-order chi connectivity index (χ0) is 14.6. The molecule has 108 valence electrons. The number of ether oxygens (including phenoxy) is 1.